The molecule has 1 unspecified atom stereocenters. The standard InChI is InChI=1S/C8H12N2S/c1-7(2)5-8(7,9)6-10-3-4-11-6/h3-4H,5,9H2,1-2H3. The third-order valence-corrected chi connectivity index (χ3v) is 3.57. The average molecular weight is 168 g/mol. The fourth-order valence-corrected chi connectivity index (χ4v) is 2.39. The van der Waals surface area contributed by atoms with Crippen molar-refractivity contribution in [2.45, 2.75) is 25.8 Å². The van der Waals surface area contributed by atoms with E-state index in [1.807, 2.05) is 11.6 Å². The summed E-state index contributed by atoms with van der Waals surface area (Å²) in [6.07, 6.45) is 2.89. The highest BCUT2D eigenvalue weighted by atomic mass is 32.1. The van der Waals surface area contributed by atoms with Crippen LogP contribution in [-0.2, 0) is 5.54 Å². The van der Waals surface area contributed by atoms with Gasteiger partial charge in [-0.05, 0) is 11.8 Å². The summed E-state index contributed by atoms with van der Waals surface area (Å²) in [6.45, 7) is 4.38. The first-order valence-electron chi connectivity index (χ1n) is 3.75. The first-order valence-corrected chi connectivity index (χ1v) is 4.63. The molecule has 0 radical (unpaired) electrons. The molecule has 1 aromatic rings. The van der Waals surface area contributed by atoms with Crippen LogP contribution in [0.25, 0.3) is 0 Å². The first-order chi connectivity index (χ1) is 5.06. The van der Waals surface area contributed by atoms with Gasteiger partial charge in [0.05, 0.1) is 5.54 Å². The number of aromatic nitrogens is 1. The van der Waals surface area contributed by atoms with Crippen molar-refractivity contribution in [3.8, 4) is 0 Å². The highest BCUT2D eigenvalue weighted by Gasteiger charge is 2.61. The van der Waals surface area contributed by atoms with Crippen LogP contribution in [0.4, 0.5) is 0 Å². The lowest BCUT2D eigenvalue weighted by Gasteiger charge is -2.10. The molecule has 0 spiro atoms. The average Bonchev–Trinajstić information content (AvgIpc) is 2.36. The number of thiazole rings is 1. The highest BCUT2D eigenvalue weighted by Crippen LogP contribution is 2.60. The van der Waals surface area contributed by atoms with Crippen molar-refractivity contribution in [1.29, 1.82) is 0 Å². The van der Waals surface area contributed by atoms with E-state index in [1.54, 1.807) is 11.3 Å². The molecule has 1 heterocycles. The normalized spacial score (nSPS) is 33.7. The van der Waals surface area contributed by atoms with Crippen LogP contribution in [-0.4, -0.2) is 4.98 Å². The summed E-state index contributed by atoms with van der Waals surface area (Å²) >= 11 is 1.66. The van der Waals surface area contributed by atoms with E-state index < -0.39 is 0 Å². The molecule has 0 aliphatic heterocycles. The Morgan fingerprint density at radius 1 is 1.64 bits per heavy atom. The third kappa shape index (κ3) is 0.844. The minimum Gasteiger partial charge on any atom is -0.319 e. The Morgan fingerprint density at radius 2 is 2.27 bits per heavy atom. The van der Waals surface area contributed by atoms with Crippen LogP contribution < -0.4 is 5.73 Å². The molecular formula is C8H12N2S. The van der Waals surface area contributed by atoms with Crippen molar-refractivity contribution in [2.24, 2.45) is 11.1 Å². The second-order valence-electron chi connectivity index (χ2n) is 3.87. The Kier molecular flexibility index (Phi) is 1.22. The molecule has 1 aliphatic rings. The lowest BCUT2D eigenvalue weighted by Crippen LogP contribution is -2.25. The van der Waals surface area contributed by atoms with Crippen molar-refractivity contribution in [3.05, 3.63) is 16.6 Å². The summed E-state index contributed by atoms with van der Waals surface area (Å²) in [4.78, 5) is 4.24. The monoisotopic (exact) mass is 168 g/mol. The van der Waals surface area contributed by atoms with E-state index in [9.17, 15) is 0 Å². The van der Waals surface area contributed by atoms with Gasteiger partial charge >= 0.3 is 0 Å². The topological polar surface area (TPSA) is 38.9 Å². The van der Waals surface area contributed by atoms with Gasteiger partial charge in [-0.3, -0.25) is 0 Å². The smallest absolute Gasteiger partial charge is 0.113 e. The summed E-state index contributed by atoms with van der Waals surface area (Å²) in [5.41, 5.74) is 6.27. The van der Waals surface area contributed by atoms with E-state index in [0.717, 1.165) is 11.4 Å². The molecule has 1 fully saturated rings. The Hall–Kier alpha value is -0.410. The second kappa shape index (κ2) is 1.84. The minimum absolute atomic E-state index is 0.124. The summed E-state index contributed by atoms with van der Waals surface area (Å²) in [5.74, 6) is 0. The Morgan fingerprint density at radius 3 is 2.64 bits per heavy atom. The molecule has 11 heavy (non-hydrogen) atoms. The van der Waals surface area contributed by atoms with Crippen molar-refractivity contribution >= 4 is 11.3 Å². The van der Waals surface area contributed by atoms with Crippen LogP contribution in [0, 0.1) is 5.41 Å². The molecule has 2 rings (SSSR count). The van der Waals surface area contributed by atoms with Crippen LogP contribution in [0.15, 0.2) is 11.6 Å². The van der Waals surface area contributed by atoms with Crippen LogP contribution in [0.1, 0.15) is 25.3 Å². The molecule has 0 saturated heterocycles. The molecule has 1 aromatic heterocycles. The van der Waals surface area contributed by atoms with E-state index in [-0.39, 0.29) is 11.0 Å². The van der Waals surface area contributed by atoms with E-state index >= 15 is 0 Å². The fourth-order valence-electron chi connectivity index (χ4n) is 1.46. The highest BCUT2D eigenvalue weighted by molar-refractivity contribution is 7.09. The second-order valence-corrected chi connectivity index (χ2v) is 4.76. The number of rotatable bonds is 1. The summed E-state index contributed by atoms with van der Waals surface area (Å²) < 4.78 is 0. The number of nitrogens with two attached hydrogens (primary N) is 1. The van der Waals surface area contributed by atoms with Gasteiger partial charge in [-0.2, -0.15) is 0 Å². The van der Waals surface area contributed by atoms with Crippen molar-refractivity contribution in [1.82, 2.24) is 4.98 Å². The lowest BCUT2D eigenvalue weighted by molar-refractivity contribution is 0.508. The predicted molar refractivity (Wildman–Crippen MR) is 46.4 cm³/mol. The molecule has 60 valence electrons. The van der Waals surface area contributed by atoms with Crippen LogP contribution in [0.5, 0.6) is 0 Å². The van der Waals surface area contributed by atoms with Gasteiger partial charge in [-0.15, -0.1) is 11.3 Å². The summed E-state index contributed by atoms with van der Waals surface area (Å²) in [5, 5.41) is 3.07. The molecule has 3 heteroatoms. The fraction of sp³-hybridized carbons (Fsp3) is 0.625. The van der Waals surface area contributed by atoms with Gasteiger partial charge in [0.2, 0.25) is 0 Å². The van der Waals surface area contributed by atoms with E-state index in [1.165, 1.54) is 0 Å². The Labute approximate surface area is 70.5 Å². The largest absolute Gasteiger partial charge is 0.319 e. The Balaban J connectivity index is 2.33. The van der Waals surface area contributed by atoms with Crippen molar-refractivity contribution in [2.75, 3.05) is 0 Å². The van der Waals surface area contributed by atoms with Gasteiger partial charge in [-0.1, -0.05) is 13.8 Å². The molecule has 0 amide bonds. The number of nitrogens with zero attached hydrogens (tertiary/aromatic N) is 1. The Bertz CT molecular complexity index is 266. The molecule has 1 saturated carbocycles. The predicted octanol–water partition coefficient (Wildman–Crippen LogP) is 1.73. The summed E-state index contributed by atoms with van der Waals surface area (Å²) in [7, 11) is 0. The van der Waals surface area contributed by atoms with Crippen LogP contribution in [0.3, 0.4) is 0 Å². The number of hydrogen-bond donors (Lipinski definition) is 1. The maximum atomic E-state index is 6.14. The van der Waals surface area contributed by atoms with Gasteiger partial charge in [0, 0.05) is 11.6 Å². The molecule has 0 aromatic carbocycles. The maximum Gasteiger partial charge on any atom is 0.113 e. The molecule has 2 nitrogen and oxygen atoms in total. The van der Waals surface area contributed by atoms with Gasteiger partial charge < -0.3 is 5.73 Å². The molecule has 0 bridgehead atoms. The van der Waals surface area contributed by atoms with Gasteiger partial charge in [0.25, 0.3) is 0 Å². The summed E-state index contributed by atoms with van der Waals surface area (Å²) in [6, 6.07) is 0. The molecule has 1 atom stereocenters. The molecule has 1 aliphatic carbocycles. The molecular weight excluding hydrogens is 156 g/mol. The lowest BCUT2D eigenvalue weighted by atomic mass is 10.1. The first kappa shape index (κ1) is 7.25. The zero-order chi connectivity index (χ0) is 8.11. The maximum absolute atomic E-state index is 6.14. The number of hydrogen-bond acceptors (Lipinski definition) is 3. The van der Waals surface area contributed by atoms with Gasteiger partial charge in [-0.25, -0.2) is 4.98 Å². The minimum atomic E-state index is -0.124. The third-order valence-electron chi connectivity index (χ3n) is 2.62. The van der Waals surface area contributed by atoms with Crippen LogP contribution in [0.2, 0.25) is 0 Å². The zero-order valence-electron chi connectivity index (χ0n) is 6.79. The van der Waals surface area contributed by atoms with Crippen LogP contribution >= 0.6 is 11.3 Å². The van der Waals surface area contributed by atoms with Crippen molar-refractivity contribution in [3.63, 3.8) is 0 Å². The van der Waals surface area contributed by atoms with E-state index in [4.69, 9.17) is 5.73 Å². The van der Waals surface area contributed by atoms with Gasteiger partial charge in [0.1, 0.15) is 5.01 Å². The molecule has 2 N–H and O–H groups in total. The quantitative estimate of drug-likeness (QED) is 0.693. The zero-order valence-corrected chi connectivity index (χ0v) is 7.61. The van der Waals surface area contributed by atoms with E-state index in [2.05, 4.69) is 18.8 Å². The van der Waals surface area contributed by atoms with Gasteiger partial charge in [0.15, 0.2) is 0 Å². The van der Waals surface area contributed by atoms with E-state index in [0.29, 0.717) is 0 Å². The SMILES string of the molecule is CC1(C)CC1(N)c1nccs1. The van der Waals surface area contributed by atoms with Crippen molar-refractivity contribution < 1.29 is 0 Å².